The lowest BCUT2D eigenvalue weighted by Crippen LogP contribution is -2.39. The number of rotatable bonds is 5. The molecule has 1 aliphatic heterocycles. The van der Waals surface area contributed by atoms with Crippen molar-refractivity contribution in [2.45, 2.75) is 45.1 Å². The van der Waals surface area contributed by atoms with Gasteiger partial charge in [0.1, 0.15) is 12.0 Å². The van der Waals surface area contributed by atoms with Crippen LogP contribution in [0.15, 0.2) is 42.9 Å². The molecule has 5 nitrogen and oxygen atoms in total. The van der Waals surface area contributed by atoms with E-state index >= 15 is 0 Å². The topological polar surface area (TPSA) is 57.7 Å². The molecule has 3 heterocycles. The van der Waals surface area contributed by atoms with Crippen molar-refractivity contribution in [1.29, 1.82) is 0 Å². The first-order valence-corrected chi connectivity index (χ1v) is 10.4. The average Bonchev–Trinajstić information content (AvgIpc) is 3.19. The molecule has 2 aromatic heterocycles. The fourth-order valence-corrected chi connectivity index (χ4v) is 4.18. The number of piperidine rings is 1. The summed E-state index contributed by atoms with van der Waals surface area (Å²) in [6, 6.07) is 10.4. The third-order valence-electron chi connectivity index (χ3n) is 5.90. The van der Waals surface area contributed by atoms with Gasteiger partial charge in [0.15, 0.2) is 0 Å². The van der Waals surface area contributed by atoms with Crippen LogP contribution in [-0.4, -0.2) is 44.2 Å². The summed E-state index contributed by atoms with van der Waals surface area (Å²) in [4.78, 5) is 11.2. The summed E-state index contributed by atoms with van der Waals surface area (Å²) in [7, 11) is 0. The third kappa shape index (κ3) is 3.82. The maximum atomic E-state index is 6.08. The van der Waals surface area contributed by atoms with E-state index in [-0.39, 0.29) is 0 Å². The molecule has 0 aliphatic carbocycles. The largest absolute Gasteiger partial charge is 0.301 e. The fourth-order valence-electron chi connectivity index (χ4n) is 4.05. The predicted octanol–water partition coefficient (Wildman–Crippen LogP) is 5.17. The van der Waals surface area contributed by atoms with Gasteiger partial charge in [0.05, 0.1) is 5.69 Å². The molecule has 1 saturated heterocycles. The standard InChI is InChI=1S/C22H26ClN5/c1-3-15(2)28-12-9-17(10-13-28)22-20(19-8-11-24-14-25-19)21(26-27-22)16-4-6-18(23)7-5-16/h4-8,11,14-15,17H,3,9-10,12-13H2,1-2H3,(H,26,27). The maximum Gasteiger partial charge on any atom is 0.116 e. The van der Waals surface area contributed by atoms with E-state index in [1.165, 1.54) is 12.1 Å². The number of halogens is 1. The van der Waals surface area contributed by atoms with Crippen molar-refractivity contribution < 1.29 is 0 Å². The molecule has 1 fully saturated rings. The molecule has 0 saturated carbocycles. The van der Waals surface area contributed by atoms with Gasteiger partial charge in [-0.1, -0.05) is 30.7 Å². The Kier molecular flexibility index (Phi) is 5.74. The van der Waals surface area contributed by atoms with E-state index in [0.717, 1.165) is 53.5 Å². The minimum absolute atomic E-state index is 0.457. The number of H-pyrrole nitrogens is 1. The molecule has 1 atom stereocenters. The first-order valence-electron chi connectivity index (χ1n) is 10.0. The second-order valence-corrected chi connectivity index (χ2v) is 7.97. The summed E-state index contributed by atoms with van der Waals surface area (Å²) >= 11 is 6.08. The van der Waals surface area contributed by atoms with Crippen LogP contribution in [0, 0.1) is 0 Å². The number of hydrogen-bond donors (Lipinski definition) is 1. The summed E-state index contributed by atoms with van der Waals surface area (Å²) < 4.78 is 0. The van der Waals surface area contributed by atoms with Crippen LogP contribution in [0.5, 0.6) is 0 Å². The normalized spacial score (nSPS) is 17.0. The Bertz CT molecular complexity index is 898. The predicted molar refractivity (Wildman–Crippen MR) is 113 cm³/mol. The first-order chi connectivity index (χ1) is 13.7. The minimum atomic E-state index is 0.457. The van der Waals surface area contributed by atoms with E-state index in [0.29, 0.717) is 12.0 Å². The van der Waals surface area contributed by atoms with Crippen molar-refractivity contribution in [2.24, 2.45) is 0 Å². The van der Waals surface area contributed by atoms with Crippen LogP contribution >= 0.6 is 11.6 Å². The van der Waals surface area contributed by atoms with Crippen molar-refractivity contribution in [3.8, 4) is 22.5 Å². The number of aromatic amines is 1. The van der Waals surface area contributed by atoms with Gasteiger partial charge in [-0.15, -0.1) is 0 Å². The van der Waals surface area contributed by atoms with Gasteiger partial charge >= 0.3 is 0 Å². The number of aromatic nitrogens is 4. The SMILES string of the molecule is CCC(C)N1CCC(c2[nH]nc(-c3ccc(Cl)cc3)c2-c2ccncn2)CC1. The van der Waals surface area contributed by atoms with Crippen molar-refractivity contribution >= 4 is 11.6 Å². The van der Waals surface area contributed by atoms with Crippen LogP contribution in [-0.2, 0) is 0 Å². The van der Waals surface area contributed by atoms with Crippen LogP contribution < -0.4 is 0 Å². The molecule has 3 aromatic rings. The quantitative estimate of drug-likeness (QED) is 0.647. The van der Waals surface area contributed by atoms with Crippen molar-refractivity contribution in [3.63, 3.8) is 0 Å². The van der Waals surface area contributed by atoms with Gasteiger partial charge < -0.3 is 4.90 Å². The first kappa shape index (κ1) is 19.1. The molecule has 146 valence electrons. The van der Waals surface area contributed by atoms with Gasteiger partial charge in [-0.2, -0.15) is 5.10 Å². The minimum Gasteiger partial charge on any atom is -0.301 e. The molecule has 4 rings (SSSR count). The molecule has 0 radical (unpaired) electrons. The van der Waals surface area contributed by atoms with E-state index in [1.54, 1.807) is 12.5 Å². The monoisotopic (exact) mass is 395 g/mol. The molecular formula is C22H26ClN5. The highest BCUT2D eigenvalue weighted by molar-refractivity contribution is 6.30. The van der Waals surface area contributed by atoms with E-state index in [1.807, 2.05) is 30.3 Å². The molecule has 0 amide bonds. The molecule has 0 bridgehead atoms. The summed E-state index contributed by atoms with van der Waals surface area (Å²) in [5, 5.41) is 8.77. The van der Waals surface area contributed by atoms with Gasteiger partial charge in [-0.3, -0.25) is 5.10 Å². The van der Waals surface area contributed by atoms with Crippen LogP contribution in [0.2, 0.25) is 5.02 Å². The summed E-state index contributed by atoms with van der Waals surface area (Å²) in [5.41, 5.74) is 5.15. The second-order valence-electron chi connectivity index (χ2n) is 7.53. The van der Waals surface area contributed by atoms with Crippen LogP contribution in [0.4, 0.5) is 0 Å². The van der Waals surface area contributed by atoms with Gasteiger partial charge in [0.2, 0.25) is 0 Å². The third-order valence-corrected chi connectivity index (χ3v) is 6.15. The second kappa shape index (κ2) is 8.41. The highest BCUT2D eigenvalue weighted by atomic mass is 35.5. The van der Waals surface area contributed by atoms with E-state index in [2.05, 4.69) is 33.8 Å². The van der Waals surface area contributed by atoms with Crippen molar-refractivity contribution in [2.75, 3.05) is 13.1 Å². The molecule has 1 aromatic carbocycles. The van der Waals surface area contributed by atoms with Gasteiger partial charge in [0.25, 0.3) is 0 Å². The Balaban J connectivity index is 1.69. The lowest BCUT2D eigenvalue weighted by molar-refractivity contribution is 0.157. The number of hydrogen-bond acceptors (Lipinski definition) is 4. The highest BCUT2D eigenvalue weighted by Crippen LogP contribution is 2.39. The molecule has 1 unspecified atom stereocenters. The zero-order valence-corrected chi connectivity index (χ0v) is 17.2. The summed E-state index contributed by atoms with van der Waals surface area (Å²) in [6.45, 7) is 6.83. The number of nitrogens with zero attached hydrogens (tertiary/aromatic N) is 4. The van der Waals surface area contributed by atoms with Crippen molar-refractivity contribution in [1.82, 2.24) is 25.1 Å². The lowest BCUT2D eigenvalue weighted by Gasteiger charge is -2.35. The van der Waals surface area contributed by atoms with E-state index in [4.69, 9.17) is 16.7 Å². The Morgan fingerprint density at radius 1 is 1.18 bits per heavy atom. The number of nitrogens with one attached hydrogen (secondary N) is 1. The molecule has 6 heteroatoms. The maximum absolute atomic E-state index is 6.08. The average molecular weight is 396 g/mol. The zero-order chi connectivity index (χ0) is 19.5. The van der Waals surface area contributed by atoms with Crippen LogP contribution in [0.3, 0.4) is 0 Å². The summed E-state index contributed by atoms with van der Waals surface area (Å²) in [6.07, 6.45) is 6.84. The zero-order valence-electron chi connectivity index (χ0n) is 16.4. The van der Waals surface area contributed by atoms with Gasteiger partial charge in [0, 0.05) is 40.0 Å². The fraction of sp³-hybridized carbons (Fsp3) is 0.409. The van der Waals surface area contributed by atoms with Crippen molar-refractivity contribution in [3.05, 3.63) is 53.6 Å². The number of benzene rings is 1. The van der Waals surface area contributed by atoms with E-state index in [9.17, 15) is 0 Å². The highest BCUT2D eigenvalue weighted by Gasteiger charge is 2.28. The Hall–Kier alpha value is -2.24. The van der Waals surface area contributed by atoms with E-state index < -0.39 is 0 Å². The Morgan fingerprint density at radius 3 is 2.57 bits per heavy atom. The Morgan fingerprint density at radius 2 is 1.93 bits per heavy atom. The van der Waals surface area contributed by atoms with Crippen LogP contribution in [0.1, 0.15) is 44.7 Å². The molecule has 0 spiro atoms. The lowest BCUT2D eigenvalue weighted by atomic mass is 9.88. The molecule has 1 N–H and O–H groups in total. The van der Waals surface area contributed by atoms with Gasteiger partial charge in [-0.25, -0.2) is 9.97 Å². The molecular weight excluding hydrogens is 370 g/mol. The summed E-state index contributed by atoms with van der Waals surface area (Å²) in [5.74, 6) is 0.457. The smallest absolute Gasteiger partial charge is 0.116 e. The van der Waals surface area contributed by atoms with Gasteiger partial charge in [-0.05, 0) is 57.5 Å². The number of likely N-dealkylation sites (tertiary alicyclic amines) is 1. The molecule has 1 aliphatic rings. The van der Waals surface area contributed by atoms with Crippen LogP contribution in [0.25, 0.3) is 22.5 Å². The molecule has 28 heavy (non-hydrogen) atoms. The Labute approximate surface area is 171 Å².